The highest BCUT2D eigenvalue weighted by atomic mass is 16.1. The van der Waals surface area contributed by atoms with Crippen molar-refractivity contribution in [3.63, 3.8) is 0 Å². The lowest BCUT2D eigenvalue weighted by molar-refractivity contribution is 0.0940. The van der Waals surface area contributed by atoms with Crippen LogP contribution in [-0.2, 0) is 6.42 Å². The van der Waals surface area contributed by atoms with E-state index in [1.807, 2.05) is 13.0 Å². The summed E-state index contributed by atoms with van der Waals surface area (Å²) < 4.78 is 0. The third-order valence-corrected chi connectivity index (χ3v) is 3.73. The molecule has 0 saturated carbocycles. The summed E-state index contributed by atoms with van der Waals surface area (Å²) in [6.45, 7) is 6.36. The number of nitriles is 1. The lowest BCUT2D eigenvalue weighted by Crippen LogP contribution is -2.26. The number of amides is 1. The van der Waals surface area contributed by atoms with Gasteiger partial charge in [0.15, 0.2) is 0 Å². The number of nitrogens with one attached hydrogen (secondary N) is 1. The van der Waals surface area contributed by atoms with Crippen LogP contribution in [0.5, 0.6) is 0 Å². The highest BCUT2D eigenvalue weighted by Crippen LogP contribution is 2.16. The zero-order valence-electron chi connectivity index (χ0n) is 13.8. The maximum absolute atomic E-state index is 12.3. The predicted molar refractivity (Wildman–Crippen MR) is 92.0 cm³/mol. The van der Waals surface area contributed by atoms with Gasteiger partial charge in [0.25, 0.3) is 5.91 Å². The van der Waals surface area contributed by atoms with Gasteiger partial charge >= 0.3 is 0 Å². The fourth-order valence-corrected chi connectivity index (χ4v) is 2.51. The van der Waals surface area contributed by atoms with E-state index in [-0.39, 0.29) is 11.9 Å². The Kier molecular flexibility index (Phi) is 5.54. The summed E-state index contributed by atoms with van der Waals surface area (Å²) in [5.74, 6) is 0.464. The minimum Gasteiger partial charge on any atom is -0.346 e. The van der Waals surface area contributed by atoms with Gasteiger partial charge in [-0.3, -0.25) is 4.79 Å². The molecule has 0 spiro atoms. The third kappa shape index (κ3) is 4.69. The van der Waals surface area contributed by atoms with Crippen molar-refractivity contribution in [2.45, 2.75) is 33.2 Å². The van der Waals surface area contributed by atoms with Gasteiger partial charge in [0, 0.05) is 5.56 Å². The van der Waals surface area contributed by atoms with Crippen LogP contribution in [0.1, 0.15) is 53.9 Å². The Labute approximate surface area is 138 Å². The molecule has 0 bridgehead atoms. The standard InChI is InChI=1S/C20H22N2O/c1-14(2)11-16-7-9-18(10-8-16)15(3)22-20(23)19-6-4-5-17(12-19)13-21/h4-10,12,14-15H,11H2,1-3H3,(H,22,23)/t15-/m0/s1. The van der Waals surface area contributed by atoms with Crippen molar-refractivity contribution in [1.29, 1.82) is 5.26 Å². The maximum atomic E-state index is 12.3. The highest BCUT2D eigenvalue weighted by Gasteiger charge is 2.12. The van der Waals surface area contributed by atoms with Gasteiger partial charge in [-0.25, -0.2) is 0 Å². The van der Waals surface area contributed by atoms with E-state index < -0.39 is 0 Å². The van der Waals surface area contributed by atoms with Crippen LogP contribution in [-0.4, -0.2) is 5.91 Å². The van der Waals surface area contributed by atoms with Gasteiger partial charge in [-0.05, 0) is 48.6 Å². The predicted octanol–water partition coefficient (Wildman–Crippen LogP) is 4.25. The summed E-state index contributed by atoms with van der Waals surface area (Å²) in [4.78, 5) is 12.3. The van der Waals surface area contributed by atoms with Gasteiger partial charge in [0.1, 0.15) is 0 Å². The molecule has 0 radical (unpaired) electrons. The first kappa shape index (κ1) is 16.8. The normalized spacial score (nSPS) is 11.8. The number of carbonyl (C=O) groups excluding carboxylic acids is 1. The molecule has 0 aliphatic rings. The summed E-state index contributed by atoms with van der Waals surface area (Å²) in [5.41, 5.74) is 3.38. The lowest BCUT2D eigenvalue weighted by Gasteiger charge is -2.15. The molecular weight excluding hydrogens is 284 g/mol. The molecule has 1 amide bonds. The van der Waals surface area contributed by atoms with Gasteiger partial charge in [-0.15, -0.1) is 0 Å². The number of carbonyl (C=O) groups is 1. The molecule has 0 unspecified atom stereocenters. The Hall–Kier alpha value is -2.60. The molecule has 2 aromatic rings. The summed E-state index contributed by atoms with van der Waals surface area (Å²) in [7, 11) is 0. The molecule has 1 atom stereocenters. The van der Waals surface area contributed by atoms with E-state index in [1.54, 1.807) is 24.3 Å². The zero-order chi connectivity index (χ0) is 16.8. The summed E-state index contributed by atoms with van der Waals surface area (Å²) in [6, 6.07) is 17.1. The van der Waals surface area contributed by atoms with Crippen LogP contribution in [0.2, 0.25) is 0 Å². The third-order valence-electron chi connectivity index (χ3n) is 3.73. The monoisotopic (exact) mass is 306 g/mol. The second kappa shape index (κ2) is 7.60. The van der Waals surface area contributed by atoms with Crippen molar-refractivity contribution in [2.24, 2.45) is 5.92 Å². The number of hydrogen-bond donors (Lipinski definition) is 1. The molecule has 3 nitrogen and oxygen atoms in total. The average molecular weight is 306 g/mol. The highest BCUT2D eigenvalue weighted by molar-refractivity contribution is 5.94. The molecule has 3 heteroatoms. The summed E-state index contributed by atoms with van der Waals surface area (Å²) >= 11 is 0. The van der Waals surface area contributed by atoms with Crippen molar-refractivity contribution in [1.82, 2.24) is 5.32 Å². The van der Waals surface area contributed by atoms with Gasteiger partial charge in [0.05, 0.1) is 17.7 Å². The molecular formula is C20H22N2O. The average Bonchev–Trinajstić information content (AvgIpc) is 2.55. The molecule has 23 heavy (non-hydrogen) atoms. The van der Waals surface area contributed by atoms with E-state index in [0.29, 0.717) is 17.0 Å². The Morgan fingerprint density at radius 1 is 1.13 bits per heavy atom. The number of rotatable bonds is 5. The minimum atomic E-state index is -0.166. The largest absolute Gasteiger partial charge is 0.346 e. The van der Waals surface area contributed by atoms with Crippen LogP contribution in [0, 0.1) is 17.2 Å². The van der Waals surface area contributed by atoms with Crippen LogP contribution in [0.4, 0.5) is 0 Å². The molecule has 1 N–H and O–H groups in total. The Morgan fingerprint density at radius 2 is 1.83 bits per heavy atom. The van der Waals surface area contributed by atoms with E-state index in [4.69, 9.17) is 5.26 Å². The van der Waals surface area contributed by atoms with E-state index in [0.717, 1.165) is 12.0 Å². The van der Waals surface area contributed by atoms with E-state index in [9.17, 15) is 4.79 Å². The maximum Gasteiger partial charge on any atom is 0.251 e. The molecule has 0 fully saturated rings. The number of hydrogen-bond acceptors (Lipinski definition) is 2. The van der Waals surface area contributed by atoms with Crippen molar-refractivity contribution in [3.8, 4) is 6.07 Å². The fourth-order valence-electron chi connectivity index (χ4n) is 2.51. The van der Waals surface area contributed by atoms with Gasteiger partial charge < -0.3 is 5.32 Å². The quantitative estimate of drug-likeness (QED) is 0.898. The van der Waals surface area contributed by atoms with Gasteiger partial charge in [-0.2, -0.15) is 5.26 Å². The number of benzene rings is 2. The second-order valence-corrected chi connectivity index (χ2v) is 6.23. The summed E-state index contributed by atoms with van der Waals surface area (Å²) in [6.07, 6.45) is 1.06. The first-order valence-electron chi connectivity index (χ1n) is 7.89. The van der Waals surface area contributed by atoms with Crippen LogP contribution in [0.25, 0.3) is 0 Å². The first-order chi connectivity index (χ1) is 11.0. The van der Waals surface area contributed by atoms with Crippen molar-refractivity contribution in [2.75, 3.05) is 0 Å². The van der Waals surface area contributed by atoms with E-state index in [2.05, 4.69) is 43.4 Å². The topological polar surface area (TPSA) is 52.9 Å². The molecule has 0 heterocycles. The van der Waals surface area contributed by atoms with Crippen LogP contribution in [0.3, 0.4) is 0 Å². The Balaban J connectivity index is 2.04. The van der Waals surface area contributed by atoms with Crippen LogP contribution >= 0.6 is 0 Å². The van der Waals surface area contributed by atoms with Crippen molar-refractivity contribution < 1.29 is 4.79 Å². The molecule has 0 aliphatic heterocycles. The second-order valence-electron chi connectivity index (χ2n) is 6.23. The minimum absolute atomic E-state index is 0.0821. The zero-order valence-corrected chi connectivity index (χ0v) is 13.8. The van der Waals surface area contributed by atoms with E-state index >= 15 is 0 Å². The fraction of sp³-hybridized carbons (Fsp3) is 0.300. The smallest absolute Gasteiger partial charge is 0.251 e. The molecule has 0 saturated heterocycles. The van der Waals surface area contributed by atoms with Crippen molar-refractivity contribution >= 4 is 5.91 Å². The Bertz CT molecular complexity index is 711. The first-order valence-corrected chi connectivity index (χ1v) is 7.89. The molecule has 2 rings (SSSR count). The summed E-state index contributed by atoms with van der Waals surface area (Å²) in [5, 5.41) is 11.9. The Morgan fingerprint density at radius 3 is 2.43 bits per heavy atom. The molecule has 2 aromatic carbocycles. The molecule has 0 aromatic heterocycles. The van der Waals surface area contributed by atoms with Crippen LogP contribution < -0.4 is 5.32 Å². The van der Waals surface area contributed by atoms with Crippen molar-refractivity contribution in [3.05, 3.63) is 70.8 Å². The van der Waals surface area contributed by atoms with Crippen LogP contribution in [0.15, 0.2) is 48.5 Å². The number of nitrogens with zero attached hydrogens (tertiary/aromatic N) is 1. The van der Waals surface area contributed by atoms with E-state index in [1.165, 1.54) is 5.56 Å². The lowest BCUT2D eigenvalue weighted by atomic mass is 10.00. The van der Waals surface area contributed by atoms with Gasteiger partial charge in [-0.1, -0.05) is 44.2 Å². The van der Waals surface area contributed by atoms with Gasteiger partial charge in [0.2, 0.25) is 0 Å². The molecule has 0 aliphatic carbocycles. The molecule has 118 valence electrons. The SMILES string of the molecule is CC(C)Cc1ccc([C@H](C)NC(=O)c2cccc(C#N)c2)cc1.